The molecule has 2 aromatic carbocycles. The molecule has 0 aliphatic carbocycles. The van der Waals surface area contributed by atoms with E-state index in [-0.39, 0.29) is 37.7 Å². The summed E-state index contributed by atoms with van der Waals surface area (Å²) in [6.45, 7) is 10.2. The second kappa shape index (κ2) is 18.4. The van der Waals surface area contributed by atoms with E-state index in [2.05, 4.69) is 5.32 Å². The summed E-state index contributed by atoms with van der Waals surface area (Å²) in [7, 11) is 1.26. The van der Waals surface area contributed by atoms with Gasteiger partial charge in [-0.2, -0.15) is 0 Å². The number of carbonyl (C=O) groups is 4. The Bertz CT molecular complexity index is 1180. The first-order valence-electron chi connectivity index (χ1n) is 14.4. The summed E-state index contributed by atoms with van der Waals surface area (Å²) in [5.41, 5.74) is 0.975. The summed E-state index contributed by atoms with van der Waals surface area (Å²) in [6.07, 6.45) is -1.05. The zero-order valence-electron chi connectivity index (χ0n) is 25.8. The van der Waals surface area contributed by atoms with E-state index < -0.39 is 36.4 Å². The summed E-state index contributed by atoms with van der Waals surface area (Å²) in [4.78, 5) is 49.6. The van der Waals surface area contributed by atoms with Gasteiger partial charge < -0.3 is 33.7 Å². The van der Waals surface area contributed by atoms with Gasteiger partial charge in [0.2, 0.25) is 0 Å². The molecule has 2 atom stereocenters. The molecule has 1 N–H and O–H groups in total. The molecule has 236 valence electrons. The lowest BCUT2D eigenvalue weighted by atomic mass is 10.0. The van der Waals surface area contributed by atoms with Gasteiger partial charge in [-0.05, 0) is 67.9 Å². The molecule has 0 radical (unpaired) electrons. The SMILES string of the molecule is COC(=O)[C@H](Cc1ccc(OC(=O)OCCC(C)C)c(OC(=O)OCCC(C)C)c1)NCC(C)OC(=O)c1ccccc1. The summed E-state index contributed by atoms with van der Waals surface area (Å²) >= 11 is 0. The summed E-state index contributed by atoms with van der Waals surface area (Å²) in [5, 5.41) is 3.06. The second-order valence-corrected chi connectivity index (χ2v) is 10.8. The number of ether oxygens (including phenoxy) is 6. The van der Waals surface area contributed by atoms with Crippen LogP contribution in [0.2, 0.25) is 0 Å². The number of benzene rings is 2. The van der Waals surface area contributed by atoms with Crippen molar-refractivity contribution in [3.8, 4) is 11.5 Å². The summed E-state index contributed by atoms with van der Waals surface area (Å²) in [6, 6.07) is 12.3. The molecule has 0 saturated heterocycles. The van der Waals surface area contributed by atoms with Crippen molar-refractivity contribution in [2.45, 2.75) is 66.0 Å². The highest BCUT2D eigenvalue weighted by Crippen LogP contribution is 2.30. The number of esters is 2. The van der Waals surface area contributed by atoms with Crippen molar-refractivity contribution < 1.29 is 47.6 Å². The minimum absolute atomic E-state index is 0.0527. The van der Waals surface area contributed by atoms with E-state index in [0.29, 0.717) is 35.8 Å². The van der Waals surface area contributed by atoms with Crippen LogP contribution in [-0.2, 0) is 30.2 Å². The van der Waals surface area contributed by atoms with Gasteiger partial charge in [-0.3, -0.25) is 4.79 Å². The van der Waals surface area contributed by atoms with Crippen molar-refractivity contribution in [2.75, 3.05) is 26.9 Å². The van der Waals surface area contributed by atoms with Crippen LogP contribution in [0, 0.1) is 11.8 Å². The van der Waals surface area contributed by atoms with Crippen molar-refractivity contribution >= 4 is 24.2 Å². The van der Waals surface area contributed by atoms with Gasteiger partial charge in [0.05, 0.1) is 25.9 Å². The van der Waals surface area contributed by atoms with Gasteiger partial charge in [0.15, 0.2) is 11.5 Å². The second-order valence-electron chi connectivity index (χ2n) is 10.8. The molecule has 0 saturated carbocycles. The van der Waals surface area contributed by atoms with Crippen LogP contribution >= 0.6 is 0 Å². The van der Waals surface area contributed by atoms with E-state index in [4.69, 9.17) is 28.4 Å². The fourth-order valence-corrected chi connectivity index (χ4v) is 3.63. The smallest absolute Gasteiger partial charge is 0.468 e. The molecule has 0 aromatic heterocycles. The monoisotopic (exact) mass is 601 g/mol. The highest BCUT2D eigenvalue weighted by molar-refractivity contribution is 5.89. The highest BCUT2D eigenvalue weighted by atomic mass is 16.7. The molecule has 0 spiro atoms. The Morgan fingerprint density at radius 1 is 0.767 bits per heavy atom. The molecule has 2 aromatic rings. The standard InChI is InChI=1S/C32H43NO10/c1-21(2)14-16-39-31(36)42-27-13-12-24(19-28(27)43-32(37)40-17-15-22(3)4)18-26(30(35)38-6)33-20-23(5)41-29(34)25-10-8-7-9-11-25/h7-13,19,21-23,26,33H,14-18,20H2,1-6H3/t23?,26-/m0/s1. The van der Waals surface area contributed by atoms with Crippen molar-refractivity contribution in [1.29, 1.82) is 0 Å². The number of hydrogen-bond acceptors (Lipinski definition) is 11. The first-order valence-corrected chi connectivity index (χ1v) is 14.4. The van der Waals surface area contributed by atoms with E-state index in [9.17, 15) is 19.2 Å². The van der Waals surface area contributed by atoms with E-state index in [0.717, 1.165) is 0 Å². The Labute approximate surface area is 253 Å². The van der Waals surface area contributed by atoms with Crippen LogP contribution in [0.4, 0.5) is 9.59 Å². The minimum Gasteiger partial charge on any atom is -0.468 e. The largest absolute Gasteiger partial charge is 0.513 e. The van der Waals surface area contributed by atoms with Gasteiger partial charge in [-0.25, -0.2) is 14.4 Å². The molecule has 1 unspecified atom stereocenters. The lowest BCUT2D eigenvalue weighted by Gasteiger charge is -2.20. The van der Waals surface area contributed by atoms with Gasteiger partial charge in [-0.15, -0.1) is 0 Å². The quantitative estimate of drug-likeness (QED) is 0.144. The lowest BCUT2D eigenvalue weighted by molar-refractivity contribution is -0.143. The molecule has 2 rings (SSSR count). The number of carbonyl (C=O) groups excluding carboxylic acids is 4. The molecule has 0 fully saturated rings. The Morgan fingerprint density at radius 2 is 1.35 bits per heavy atom. The van der Waals surface area contributed by atoms with Crippen LogP contribution < -0.4 is 14.8 Å². The van der Waals surface area contributed by atoms with Crippen LogP contribution in [0.3, 0.4) is 0 Å². The Kier molecular flexibility index (Phi) is 15.0. The van der Waals surface area contributed by atoms with E-state index >= 15 is 0 Å². The molecule has 0 amide bonds. The number of rotatable bonds is 16. The molecule has 0 heterocycles. The maximum absolute atomic E-state index is 12.6. The number of methoxy groups -OCH3 is 1. The maximum atomic E-state index is 12.6. The average Bonchev–Trinajstić information content (AvgIpc) is 2.96. The van der Waals surface area contributed by atoms with Crippen LogP contribution in [0.15, 0.2) is 48.5 Å². The van der Waals surface area contributed by atoms with Gasteiger partial charge in [0, 0.05) is 6.54 Å². The highest BCUT2D eigenvalue weighted by Gasteiger charge is 2.23. The number of hydrogen-bond donors (Lipinski definition) is 1. The Morgan fingerprint density at radius 3 is 1.91 bits per heavy atom. The molecule has 11 nitrogen and oxygen atoms in total. The summed E-state index contributed by atoms with van der Waals surface area (Å²) < 4.78 is 31.4. The van der Waals surface area contributed by atoms with E-state index in [1.807, 2.05) is 27.7 Å². The molecular formula is C32H43NO10. The lowest BCUT2D eigenvalue weighted by Crippen LogP contribution is -2.43. The zero-order chi connectivity index (χ0) is 31.8. The predicted molar refractivity (Wildman–Crippen MR) is 158 cm³/mol. The first-order chi connectivity index (χ1) is 20.5. The molecule has 11 heteroatoms. The first kappa shape index (κ1) is 35.1. The van der Waals surface area contributed by atoms with Gasteiger partial charge in [-0.1, -0.05) is 52.0 Å². The Balaban J connectivity index is 2.13. The predicted octanol–water partition coefficient (Wildman–Crippen LogP) is 5.73. The molecule has 43 heavy (non-hydrogen) atoms. The average molecular weight is 602 g/mol. The maximum Gasteiger partial charge on any atom is 0.513 e. The van der Waals surface area contributed by atoms with Crippen molar-refractivity contribution in [3.05, 3.63) is 59.7 Å². The van der Waals surface area contributed by atoms with Crippen molar-refractivity contribution in [1.82, 2.24) is 5.32 Å². The van der Waals surface area contributed by atoms with Gasteiger partial charge in [0.25, 0.3) is 0 Å². The molecule has 0 aliphatic rings. The molecular weight excluding hydrogens is 558 g/mol. The fourth-order valence-electron chi connectivity index (χ4n) is 3.63. The fraction of sp³-hybridized carbons (Fsp3) is 0.500. The van der Waals surface area contributed by atoms with Crippen LogP contribution in [-0.4, -0.2) is 63.3 Å². The normalized spacial score (nSPS) is 12.3. The zero-order valence-corrected chi connectivity index (χ0v) is 25.8. The van der Waals surface area contributed by atoms with Crippen molar-refractivity contribution in [3.63, 3.8) is 0 Å². The topological polar surface area (TPSA) is 136 Å². The molecule has 0 aliphatic heterocycles. The number of nitrogens with one attached hydrogen (secondary N) is 1. The molecule has 0 bridgehead atoms. The third-order valence-corrected chi connectivity index (χ3v) is 6.12. The van der Waals surface area contributed by atoms with Crippen molar-refractivity contribution in [2.24, 2.45) is 11.8 Å². The van der Waals surface area contributed by atoms with Crippen LogP contribution in [0.1, 0.15) is 63.4 Å². The summed E-state index contributed by atoms with van der Waals surface area (Å²) in [5.74, 6) is -0.509. The van der Waals surface area contributed by atoms with Crippen LogP contribution in [0.25, 0.3) is 0 Å². The van der Waals surface area contributed by atoms with Crippen LogP contribution in [0.5, 0.6) is 11.5 Å². The minimum atomic E-state index is -0.965. The van der Waals surface area contributed by atoms with Gasteiger partial charge >= 0.3 is 24.2 Å². The Hall–Kier alpha value is -4.12. The third-order valence-electron chi connectivity index (χ3n) is 6.12. The van der Waals surface area contributed by atoms with E-state index in [1.165, 1.54) is 19.2 Å². The third kappa shape index (κ3) is 13.6. The van der Waals surface area contributed by atoms with E-state index in [1.54, 1.807) is 43.3 Å². The van der Waals surface area contributed by atoms with Gasteiger partial charge in [0.1, 0.15) is 12.1 Å².